The average molecular weight is 434 g/mol. The molecule has 3 aromatic rings. The van der Waals surface area contributed by atoms with Crippen molar-refractivity contribution in [1.82, 2.24) is 4.98 Å². The van der Waals surface area contributed by atoms with Crippen molar-refractivity contribution in [3.63, 3.8) is 0 Å². The molecule has 2 fully saturated rings. The van der Waals surface area contributed by atoms with Crippen LogP contribution in [0.2, 0.25) is 10.0 Å². The van der Waals surface area contributed by atoms with E-state index in [-0.39, 0.29) is 17.7 Å². The number of anilines is 1. The lowest BCUT2D eigenvalue weighted by atomic mass is 9.95. The second-order valence-electron chi connectivity index (χ2n) is 7.37. The molecule has 2 amide bonds. The molecule has 1 saturated heterocycles. The minimum atomic E-state index is -0.421. The van der Waals surface area contributed by atoms with Gasteiger partial charge in [0.2, 0.25) is 11.8 Å². The number of hydrogen-bond acceptors (Lipinski definition) is 4. The Morgan fingerprint density at radius 3 is 2.30 bits per heavy atom. The maximum Gasteiger partial charge on any atom is 0.238 e. The molecular formula is C23H13Cl2N3O2. The molecule has 5 nitrogen and oxygen atoms in total. The van der Waals surface area contributed by atoms with Crippen molar-refractivity contribution in [3.8, 4) is 17.2 Å². The first kappa shape index (κ1) is 18.8. The van der Waals surface area contributed by atoms with Crippen LogP contribution in [0.4, 0.5) is 5.69 Å². The third kappa shape index (κ3) is 2.88. The second kappa shape index (κ2) is 6.94. The Labute approximate surface area is 182 Å². The molecule has 2 heterocycles. The predicted octanol–water partition coefficient (Wildman–Crippen LogP) is 4.83. The van der Waals surface area contributed by atoms with Crippen LogP contribution in [-0.4, -0.2) is 16.8 Å². The molecule has 1 saturated carbocycles. The van der Waals surface area contributed by atoms with Crippen LogP contribution in [0.15, 0.2) is 60.9 Å². The maximum absolute atomic E-state index is 13.1. The van der Waals surface area contributed by atoms with Crippen molar-refractivity contribution in [1.29, 1.82) is 5.26 Å². The van der Waals surface area contributed by atoms with Crippen LogP contribution >= 0.6 is 23.2 Å². The summed E-state index contributed by atoms with van der Waals surface area (Å²) >= 11 is 12.1. The van der Waals surface area contributed by atoms with Gasteiger partial charge in [-0.1, -0.05) is 35.3 Å². The molecule has 0 spiro atoms. The summed E-state index contributed by atoms with van der Waals surface area (Å²) in [6.45, 7) is 0. The van der Waals surface area contributed by atoms with Crippen LogP contribution in [0.25, 0.3) is 11.1 Å². The number of pyridine rings is 1. The number of amides is 2. The summed E-state index contributed by atoms with van der Waals surface area (Å²) < 4.78 is 0. The number of nitrogens with zero attached hydrogens (tertiary/aromatic N) is 3. The molecule has 2 aliphatic rings. The fourth-order valence-electron chi connectivity index (χ4n) is 4.34. The number of hydrogen-bond donors (Lipinski definition) is 0. The van der Waals surface area contributed by atoms with E-state index in [9.17, 15) is 14.9 Å². The zero-order valence-corrected chi connectivity index (χ0v) is 16.9. The predicted molar refractivity (Wildman–Crippen MR) is 113 cm³/mol. The van der Waals surface area contributed by atoms with Crippen molar-refractivity contribution in [3.05, 3.63) is 82.1 Å². The molecule has 1 aliphatic heterocycles. The van der Waals surface area contributed by atoms with Gasteiger partial charge in [0.1, 0.15) is 0 Å². The van der Waals surface area contributed by atoms with Gasteiger partial charge in [0, 0.05) is 33.9 Å². The zero-order chi connectivity index (χ0) is 21.0. The Balaban J connectivity index is 1.50. The SMILES string of the molecule is N#Cc1cccc(-c2cnccc2C2C3C(=O)N(c4cc(Cl)cc(Cl)c4)C(=O)C32)c1. The number of halogens is 2. The number of carbonyl (C=O) groups is 2. The third-order valence-electron chi connectivity index (χ3n) is 5.65. The Kier molecular flexibility index (Phi) is 4.35. The largest absolute Gasteiger partial charge is 0.274 e. The van der Waals surface area contributed by atoms with Gasteiger partial charge >= 0.3 is 0 Å². The van der Waals surface area contributed by atoms with Gasteiger partial charge in [0.15, 0.2) is 0 Å². The number of fused-ring (bicyclic) bond motifs is 1. The summed E-state index contributed by atoms with van der Waals surface area (Å²) in [6, 6.07) is 15.9. The molecule has 2 aromatic carbocycles. The topological polar surface area (TPSA) is 74.1 Å². The van der Waals surface area contributed by atoms with Gasteiger partial charge < -0.3 is 0 Å². The van der Waals surface area contributed by atoms with E-state index in [1.807, 2.05) is 12.1 Å². The number of piperidine rings is 1. The number of imide groups is 1. The first-order valence-electron chi connectivity index (χ1n) is 9.28. The fraction of sp³-hybridized carbons (Fsp3) is 0.130. The van der Waals surface area contributed by atoms with Gasteiger partial charge in [-0.3, -0.25) is 14.6 Å². The van der Waals surface area contributed by atoms with Gasteiger partial charge in [-0.15, -0.1) is 0 Å². The highest BCUT2D eigenvalue weighted by Crippen LogP contribution is 2.61. The van der Waals surface area contributed by atoms with Crippen molar-refractivity contribution >= 4 is 40.7 Å². The first-order valence-corrected chi connectivity index (χ1v) is 10.0. The van der Waals surface area contributed by atoms with Crippen LogP contribution < -0.4 is 4.90 Å². The van der Waals surface area contributed by atoms with Gasteiger partial charge in [-0.2, -0.15) is 5.26 Å². The van der Waals surface area contributed by atoms with Gasteiger partial charge in [-0.05, 0) is 47.5 Å². The highest BCUT2D eigenvalue weighted by molar-refractivity contribution is 6.36. The van der Waals surface area contributed by atoms with E-state index in [0.29, 0.717) is 21.3 Å². The Hall–Kier alpha value is -3.20. The van der Waals surface area contributed by atoms with E-state index >= 15 is 0 Å². The molecule has 30 heavy (non-hydrogen) atoms. The van der Waals surface area contributed by atoms with Crippen LogP contribution in [-0.2, 0) is 9.59 Å². The van der Waals surface area contributed by atoms with Crippen molar-refractivity contribution in [2.45, 2.75) is 5.92 Å². The molecular weight excluding hydrogens is 421 g/mol. The lowest BCUT2D eigenvalue weighted by molar-refractivity contribution is -0.123. The molecule has 2 unspecified atom stereocenters. The summed E-state index contributed by atoms with van der Waals surface area (Å²) in [5.41, 5.74) is 3.48. The summed E-state index contributed by atoms with van der Waals surface area (Å²) in [6.07, 6.45) is 3.37. The molecule has 2 atom stereocenters. The van der Waals surface area contributed by atoms with Crippen LogP contribution in [0.3, 0.4) is 0 Å². The van der Waals surface area contributed by atoms with Crippen molar-refractivity contribution in [2.75, 3.05) is 4.90 Å². The van der Waals surface area contributed by atoms with Crippen LogP contribution in [0.5, 0.6) is 0 Å². The number of benzene rings is 2. The first-order chi connectivity index (χ1) is 14.5. The minimum absolute atomic E-state index is 0.209. The molecule has 0 bridgehead atoms. The average Bonchev–Trinajstić information content (AvgIpc) is 3.42. The maximum atomic E-state index is 13.1. The van der Waals surface area contributed by atoms with E-state index < -0.39 is 11.8 Å². The highest BCUT2D eigenvalue weighted by Gasteiger charge is 2.68. The van der Waals surface area contributed by atoms with Crippen LogP contribution in [0.1, 0.15) is 17.0 Å². The number of nitriles is 1. The van der Waals surface area contributed by atoms with Crippen molar-refractivity contribution in [2.24, 2.45) is 11.8 Å². The molecule has 1 aromatic heterocycles. The molecule has 0 radical (unpaired) electrons. The fourth-order valence-corrected chi connectivity index (χ4v) is 4.85. The molecule has 1 aliphatic carbocycles. The Bertz CT molecular complexity index is 1230. The Morgan fingerprint density at radius 2 is 1.63 bits per heavy atom. The minimum Gasteiger partial charge on any atom is -0.274 e. The highest BCUT2D eigenvalue weighted by atomic mass is 35.5. The smallest absolute Gasteiger partial charge is 0.238 e. The van der Waals surface area contributed by atoms with Crippen molar-refractivity contribution < 1.29 is 9.59 Å². The van der Waals surface area contributed by atoms with Crippen LogP contribution in [0, 0.1) is 23.2 Å². The monoisotopic (exact) mass is 433 g/mol. The summed E-state index contributed by atoms with van der Waals surface area (Å²) in [7, 11) is 0. The van der Waals surface area contributed by atoms with Gasteiger partial charge in [-0.25, -0.2) is 4.90 Å². The second-order valence-corrected chi connectivity index (χ2v) is 8.25. The molecule has 7 heteroatoms. The number of rotatable bonds is 3. The van der Waals surface area contributed by atoms with E-state index in [4.69, 9.17) is 23.2 Å². The zero-order valence-electron chi connectivity index (χ0n) is 15.4. The van der Waals surface area contributed by atoms with Gasteiger partial charge in [0.25, 0.3) is 0 Å². The quantitative estimate of drug-likeness (QED) is 0.554. The summed E-state index contributed by atoms with van der Waals surface area (Å²) in [4.78, 5) is 31.5. The molecule has 5 rings (SSSR count). The van der Waals surface area contributed by atoms with E-state index in [2.05, 4.69) is 11.1 Å². The summed E-state index contributed by atoms with van der Waals surface area (Å²) in [5, 5.41) is 9.93. The van der Waals surface area contributed by atoms with E-state index in [0.717, 1.165) is 16.7 Å². The van der Waals surface area contributed by atoms with E-state index in [1.165, 1.54) is 4.90 Å². The number of aromatic nitrogens is 1. The number of carbonyl (C=O) groups excluding carboxylic acids is 2. The molecule has 146 valence electrons. The van der Waals surface area contributed by atoms with Gasteiger partial charge in [0.05, 0.1) is 29.2 Å². The molecule has 0 N–H and O–H groups in total. The standard InChI is InChI=1S/C23H13Cl2N3O2/c24-14-7-15(25)9-16(8-14)28-22(29)20-19(21(20)23(28)30)17-4-5-27-11-18(17)13-3-1-2-12(6-13)10-26/h1-9,11,19-21H. The lowest BCUT2D eigenvalue weighted by Gasteiger charge is -2.20. The summed E-state index contributed by atoms with van der Waals surface area (Å²) in [5.74, 6) is -1.55. The van der Waals surface area contributed by atoms with E-state index in [1.54, 1.807) is 48.8 Å². The Morgan fingerprint density at radius 1 is 0.933 bits per heavy atom. The normalized spacial score (nSPS) is 22.0. The third-order valence-corrected chi connectivity index (χ3v) is 6.09. The lowest BCUT2D eigenvalue weighted by Crippen LogP contribution is -2.34.